The van der Waals surface area contributed by atoms with E-state index in [4.69, 9.17) is 22.1 Å². The molecule has 2 amide bonds. The molecule has 0 spiro atoms. The Labute approximate surface area is 196 Å². The summed E-state index contributed by atoms with van der Waals surface area (Å²) in [5.74, 6) is -0.444. The number of anilines is 2. The second-order valence-corrected chi connectivity index (χ2v) is 9.34. The molecule has 33 heavy (non-hydrogen) atoms. The first-order valence-corrected chi connectivity index (χ1v) is 11.7. The smallest absolute Gasteiger partial charge is 0.262 e. The summed E-state index contributed by atoms with van der Waals surface area (Å²) in [6.45, 7) is 1.42. The molecule has 0 saturated heterocycles. The van der Waals surface area contributed by atoms with Crippen molar-refractivity contribution in [2.24, 2.45) is 5.73 Å². The average molecular weight is 488 g/mol. The van der Waals surface area contributed by atoms with Crippen molar-refractivity contribution < 1.29 is 22.7 Å². The minimum absolute atomic E-state index is 0.0582. The molecule has 0 unspecified atom stereocenters. The number of rotatable bonds is 9. The minimum Gasteiger partial charge on any atom is -0.483 e. The molecule has 8 nitrogen and oxygen atoms in total. The summed E-state index contributed by atoms with van der Waals surface area (Å²) in [4.78, 5) is 23.2. The van der Waals surface area contributed by atoms with Gasteiger partial charge in [-0.1, -0.05) is 23.7 Å². The van der Waals surface area contributed by atoms with Crippen molar-refractivity contribution in [3.05, 3.63) is 82.9 Å². The van der Waals surface area contributed by atoms with Crippen LogP contribution in [0.3, 0.4) is 0 Å². The first-order valence-electron chi connectivity index (χ1n) is 9.81. The average Bonchev–Trinajstić information content (AvgIpc) is 2.75. The summed E-state index contributed by atoms with van der Waals surface area (Å²) in [5, 5.41) is 3.18. The van der Waals surface area contributed by atoms with Crippen LogP contribution in [0.5, 0.6) is 5.75 Å². The molecule has 3 aromatic rings. The Hall–Kier alpha value is -3.56. The first-order chi connectivity index (χ1) is 15.6. The fourth-order valence-corrected chi connectivity index (χ4v) is 4.20. The van der Waals surface area contributed by atoms with Gasteiger partial charge in [-0.3, -0.25) is 14.3 Å². The van der Waals surface area contributed by atoms with Gasteiger partial charge in [0, 0.05) is 16.4 Å². The van der Waals surface area contributed by atoms with Gasteiger partial charge in [-0.25, -0.2) is 8.42 Å². The van der Waals surface area contributed by atoms with Crippen molar-refractivity contribution in [2.75, 3.05) is 16.6 Å². The number of primary amides is 1. The Morgan fingerprint density at radius 2 is 1.61 bits per heavy atom. The van der Waals surface area contributed by atoms with Crippen LogP contribution in [-0.2, 0) is 26.0 Å². The number of amides is 2. The fourth-order valence-electron chi connectivity index (χ4n) is 2.93. The zero-order valence-electron chi connectivity index (χ0n) is 17.7. The van der Waals surface area contributed by atoms with Crippen molar-refractivity contribution in [3.63, 3.8) is 0 Å². The lowest BCUT2D eigenvalue weighted by Crippen LogP contribution is -2.20. The van der Waals surface area contributed by atoms with Crippen LogP contribution < -0.4 is 20.5 Å². The van der Waals surface area contributed by atoms with Crippen LogP contribution in [0.2, 0.25) is 5.02 Å². The Balaban J connectivity index is 1.59. The van der Waals surface area contributed by atoms with Crippen molar-refractivity contribution >= 4 is 44.8 Å². The van der Waals surface area contributed by atoms with Gasteiger partial charge in [-0.05, 0) is 72.6 Å². The summed E-state index contributed by atoms with van der Waals surface area (Å²) < 4.78 is 33.3. The molecule has 3 rings (SSSR count). The molecule has 0 fully saturated rings. The van der Waals surface area contributed by atoms with Gasteiger partial charge >= 0.3 is 0 Å². The molecule has 0 aliphatic carbocycles. The molecule has 3 aromatic carbocycles. The molecular formula is C23H22ClN3O5S. The second-order valence-electron chi connectivity index (χ2n) is 7.22. The van der Waals surface area contributed by atoms with E-state index in [-0.39, 0.29) is 17.9 Å². The molecule has 0 aliphatic heterocycles. The monoisotopic (exact) mass is 487 g/mol. The van der Waals surface area contributed by atoms with E-state index in [9.17, 15) is 18.0 Å². The number of nitrogens with two attached hydrogens (primary N) is 1. The molecule has 0 aromatic heterocycles. The van der Waals surface area contributed by atoms with Gasteiger partial charge in [0.2, 0.25) is 5.91 Å². The maximum atomic E-state index is 12.6. The molecule has 172 valence electrons. The maximum Gasteiger partial charge on any atom is 0.262 e. The standard InChI is InChI=1S/C23H22ClN3O5S/c1-15-12-20(33(30,31)27-19-8-4-17(24)5-9-19)10-11-21(15)32-14-23(29)26-18-6-2-16(3-7-18)13-22(25)28/h2-12,27H,13-14H2,1H3,(H2,25,28)(H,26,29). The van der Waals surface area contributed by atoms with Crippen molar-refractivity contribution in [2.45, 2.75) is 18.2 Å². The number of hydrogen-bond donors (Lipinski definition) is 3. The largest absolute Gasteiger partial charge is 0.483 e. The molecule has 0 saturated carbocycles. The topological polar surface area (TPSA) is 128 Å². The molecule has 0 heterocycles. The fraction of sp³-hybridized carbons (Fsp3) is 0.130. The Morgan fingerprint density at radius 3 is 2.21 bits per heavy atom. The number of halogens is 1. The van der Waals surface area contributed by atoms with Crippen LogP contribution in [0, 0.1) is 6.92 Å². The Bertz CT molecular complexity index is 1260. The predicted molar refractivity (Wildman–Crippen MR) is 127 cm³/mol. The summed E-state index contributed by atoms with van der Waals surface area (Å²) in [6.07, 6.45) is 0.123. The van der Waals surface area contributed by atoms with Gasteiger partial charge in [0.05, 0.1) is 11.3 Å². The molecule has 4 N–H and O–H groups in total. The maximum absolute atomic E-state index is 12.6. The third-order valence-electron chi connectivity index (χ3n) is 4.53. The number of aryl methyl sites for hydroxylation is 1. The van der Waals surface area contributed by atoms with Crippen LogP contribution in [-0.4, -0.2) is 26.8 Å². The number of sulfonamides is 1. The second kappa shape index (κ2) is 10.4. The SMILES string of the molecule is Cc1cc(S(=O)(=O)Nc2ccc(Cl)cc2)ccc1OCC(=O)Nc1ccc(CC(N)=O)cc1. The summed E-state index contributed by atoms with van der Waals surface area (Å²) >= 11 is 5.82. The Kier molecular flexibility index (Phi) is 7.57. The van der Waals surface area contributed by atoms with E-state index in [0.29, 0.717) is 27.7 Å². The number of carbonyl (C=O) groups excluding carboxylic acids is 2. The van der Waals surface area contributed by atoms with Crippen molar-refractivity contribution in [1.82, 2.24) is 0 Å². The highest BCUT2D eigenvalue weighted by Gasteiger charge is 2.16. The van der Waals surface area contributed by atoms with Crippen LogP contribution in [0.25, 0.3) is 0 Å². The van der Waals surface area contributed by atoms with Gasteiger partial charge in [-0.15, -0.1) is 0 Å². The van der Waals surface area contributed by atoms with E-state index < -0.39 is 21.8 Å². The predicted octanol–water partition coefficient (Wildman–Crippen LogP) is 3.49. The molecule has 10 heteroatoms. The van der Waals surface area contributed by atoms with E-state index in [0.717, 1.165) is 5.56 Å². The number of carbonyl (C=O) groups is 2. The van der Waals surface area contributed by atoms with Crippen LogP contribution in [0.15, 0.2) is 71.6 Å². The lowest BCUT2D eigenvalue weighted by atomic mass is 10.1. The summed E-state index contributed by atoms with van der Waals surface area (Å²) in [7, 11) is -3.81. The normalized spacial score (nSPS) is 11.0. The van der Waals surface area contributed by atoms with E-state index in [1.54, 1.807) is 55.5 Å². The molecule has 0 aliphatic rings. The highest BCUT2D eigenvalue weighted by atomic mass is 35.5. The van der Waals surface area contributed by atoms with E-state index in [2.05, 4.69) is 10.0 Å². The summed E-state index contributed by atoms with van der Waals surface area (Å²) in [6, 6.07) is 17.4. The van der Waals surface area contributed by atoms with Gasteiger partial charge in [-0.2, -0.15) is 0 Å². The number of hydrogen-bond acceptors (Lipinski definition) is 5. The van der Waals surface area contributed by atoms with Gasteiger partial charge in [0.1, 0.15) is 5.75 Å². The zero-order chi connectivity index (χ0) is 24.0. The van der Waals surface area contributed by atoms with Gasteiger partial charge in [0.15, 0.2) is 6.61 Å². The van der Waals surface area contributed by atoms with Crippen LogP contribution in [0.4, 0.5) is 11.4 Å². The van der Waals surface area contributed by atoms with Crippen LogP contribution >= 0.6 is 11.6 Å². The van der Waals surface area contributed by atoms with E-state index in [1.165, 1.54) is 18.2 Å². The number of ether oxygens (including phenoxy) is 1. The first kappa shape index (κ1) is 24.1. The lowest BCUT2D eigenvalue weighted by molar-refractivity contribution is -0.118. The van der Waals surface area contributed by atoms with Gasteiger partial charge < -0.3 is 15.8 Å². The molecule has 0 atom stereocenters. The van der Waals surface area contributed by atoms with E-state index in [1.807, 2.05) is 0 Å². The van der Waals surface area contributed by atoms with Gasteiger partial charge in [0.25, 0.3) is 15.9 Å². The summed E-state index contributed by atoms with van der Waals surface area (Å²) in [5.41, 5.74) is 7.38. The van der Waals surface area contributed by atoms with E-state index >= 15 is 0 Å². The number of benzene rings is 3. The zero-order valence-corrected chi connectivity index (χ0v) is 19.2. The highest BCUT2D eigenvalue weighted by molar-refractivity contribution is 7.92. The molecule has 0 radical (unpaired) electrons. The lowest BCUT2D eigenvalue weighted by Gasteiger charge is -2.12. The molecule has 0 bridgehead atoms. The quantitative estimate of drug-likeness (QED) is 0.425. The molecular weight excluding hydrogens is 466 g/mol. The van der Waals surface area contributed by atoms with Crippen molar-refractivity contribution in [1.29, 1.82) is 0 Å². The third kappa shape index (κ3) is 6.96. The number of nitrogens with one attached hydrogen (secondary N) is 2. The van der Waals surface area contributed by atoms with Crippen molar-refractivity contribution in [3.8, 4) is 5.75 Å². The minimum atomic E-state index is -3.81. The Morgan fingerprint density at radius 1 is 0.970 bits per heavy atom. The third-order valence-corrected chi connectivity index (χ3v) is 6.16. The van der Waals surface area contributed by atoms with Crippen LogP contribution in [0.1, 0.15) is 11.1 Å². The highest BCUT2D eigenvalue weighted by Crippen LogP contribution is 2.24.